The van der Waals surface area contributed by atoms with Gasteiger partial charge in [-0.1, -0.05) is 24.3 Å². The van der Waals surface area contributed by atoms with Crippen molar-refractivity contribution in [1.82, 2.24) is 14.9 Å². The molecule has 0 atom stereocenters. The van der Waals surface area contributed by atoms with Gasteiger partial charge >= 0.3 is 0 Å². The van der Waals surface area contributed by atoms with Crippen molar-refractivity contribution in [3.05, 3.63) is 90.6 Å². The fraction of sp³-hybridized carbons (Fsp3) is 0.200. The summed E-state index contributed by atoms with van der Waals surface area (Å²) in [5.74, 6) is 1.13. The van der Waals surface area contributed by atoms with Crippen LogP contribution < -0.4 is 20.3 Å². The van der Waals surface area contributed by atoms with Crippen molar-refractivity contribution in [1.29, 1.82) is 0 Å². The fourth-order valence-electron chi connectivity index (χ4n) is 4.52. The molecule has 1 aliphatic heterocycles. The van der Waals surface area contributed by atoms with E-state index >= 15 is 0 Å². The van der Waals surface area contributed by atoms with Crippen molar-refractivity contribution < 1.29 is 14.3 Å². The first-order valence-corrected chi connectivity index (χ1v) is 12.7. The summed E-state index contributed by atoms with van der Waals surface area (Å²) in [5.41, 5.74) is 4.79. The summed E-state index contributed by atoms with van der Waals surface area (Å²) in [5, 5.41) is 5.98. The molecule has 1 aromatic heterocycles. The maximum absolute atomic E-state index is 13.3. The average molecular weight is 523 g/mol. The molecule has 9 heteroatoms. The van der Waals surface area contributed by atoms with Crippen LogP contribution in [0.1, 0.15) is 17.3 Å². The lowest BCUT2D eigenvalue weighted by Crippen LogP contribution is -2.48. The maximum Gasteiger partial charge on any atom is 0.254 e. The molecule has 39 heavy (non-hydrogen) atoms. The quantitative estimate of drug-likeness (QED) is 0.359. The Morgan fingerprint density at radius 3 is 2.38 bits per heavy atom. The minimum atomic E-state index is -0.118. The van der Waals surface area contributed by atoms with Gasteiger partial charge in [0.15, 0.2) is 0 Å². The van der Waals surface area contributed by atoms with Gasteiger partial charge in [-0.3, -0.25) is 9.59 Å². The molecule has 0 saturated carbocycles. The molecule has 2 amide bonds. The zero-order valence-electron chi connectivity index (χ0n) is 21.9. The molecule has 3 aromatic carbocycles. The van der Waals surface area contributed by atoms with Gasteiger partial charge in [0.25, 0.3) is 5.91 Å². The predicted molar refractivity (Wildman–Crippen MR) is 153 cm³/mol. The van der Waals surface area contributed by atoms with Crippen LogP contribution in [0.25, 0.3) is 11.3 Å². The number of carbonyl (C=O) groups is 2. The van der Waals surface area contributed by atoms with Crippen LogP contribution in [0.4, 0.5) is 23.0 Å². The summed E-state index contributed by atoms with van der Waals surface area (Å²) in [6.07, 6.45) is 1.68. The summed E-state index contributed by atoms with van der Waals surface area (Å²) in [7, 11) is 1.66. The van der Waals surface area contributed by atoms with Crippen LogP contribution in [-0.2, 0) is 4.79 Å². The number of anilines is 4. The highest BCUT2D eigenvalue weighted by Crippen LogP contribution is 2.24. The van der Waals surface area contributed by atoms with Gasteiger partial charge < -0.3 is 25.2 Å². The standard InChI is InChI=1S/C30H30N6O3/c1-21(37)32-24-11-9-22(10-12-24)28-13-14-31-30(34-28)33-25-6-3-5-23(19-25)29(38)36-17-15-35(16-18-36)26-7-4-8-27(20-26)39-2/h3-14,19-20H,15-18H2,1-2H3,(H,32,37)(H,31,33,34). The van der Waals surface area contributed by atoms with E-state index in [0.29, 0.717) is 24.6 Å². The Hall–Kier alpha value is -4.92. The smallest absolute Gasteiger partial charge is 0.254 e. The third-order valence-corrected chi connectivity index (χ3v) is 6.51. The SMILES string of the molecule is COc1cccc(N2CCN(C(=O)c3cccc(Nc4nccc(-c5ccc(NC(C)=O)cc5)n4)c3)CC2)c1. The van der Waals surface area contributed by atoms with Crippen molar-refractivity contribution >= 4 is 34.8 Å². The number of aromatic nitrogens is 2. The lowest BCUT2D eigenvalue weighted by Gasteiger charge is -2.36. The Balaban J connectivity index is 1.23. The number of hydrogen-bond donors (Lipinski definition) is 2. The second-order valence-corrected chi connectivity index (χ2v) is 9.21. The molecule has 1 aliphatic rings. The molecule has 2 N–H and O–H groups in total. The third kappa shape index (κ3) is 6.32. The minimum Gasteiger partial charge on any atom is -0.497 e. The van der Waals surface area contributed by atoms with E-state index in [1.54, 1.807) is 13.3 Å². The summed E-state index contributed by atoms with van der Waals surface area (Å²) in [6, 6.07) is 24.7. The van der Waals surface area contributed by atoms with E-state index < -0.39 is 0 Å². The fourth-order valence-corrected chi connectivity index (χ4v) is 4.52. The number of nitrogens with one attached hydrogen (secondary N) is 2. The number of rotatable bonds is 7. The molecule has 9 nitrogen and oxygen atoms in total. The van der Waals surface area contributed by atoms with Gasteiger partial charge in [0.2, 0.25) is 11.9 Å². The first kappa shape index (κ1) is 25.7. The van der Waals surface area contributed by atoms with Crippen LogP contribution in [0.2, 0.25) is 0 Å². The normalized spacial score (nSPS) is 13.1. The van der Waals surface area contributed by atoms with E-state index in [1.165, 1.54) is 6.92 Å². The van der Waals surface area contributed by atoms with E-state index in [0.717, 1.165) is 47.2 Å². The van der Waals surface area contributed by atoms with Crippen LogP contribution in [0, 0.1) is 0 Å². The van der Waals surface area contributed by atoms with Crippen LogP contribution in [0.15, 0.2) is 85.1 Å². The van der Waals surface area contributed by atoms with Crippen LogP contribution >= 0.6 is 0 Å². The number of carbonyl (C=O) groups excluding carboxylic acids is 2. The topological polar surface area (TPSA) is 99.7 Å². The number of nitrogens with zero attached hydrogens (tertiary/aromatic N) is 4. The van der Waals surface area contributed by atoms with Crippen molar-refractivity contribution in [2.45, 2.75) is 6.92 Å². The third-order valence-electron chi connectivity index (χ3n) is 6.51. The molecule has 1 saturated heterocycles. The molecular formula is C30H30N6O3. The number of amides is 2. The molecule has 0 spiro atoms. The molecule has 5 rings (SSSR count). The van der Waals surface area contributed by atoms with Crippen molar-refractivity contribution in [3.8, 4) is 17.0 Å². The zero-order valence-corrected chi connectivity index (χ0v) is 21.9. The first-order valence-electron chi connectivity index (χ1n) is 12.7. The summed E-state index contributed by atoms with van der Waals surface area (Å²) in [4.78, 5) is 37.7. The Morgan fingerprint density at radius 2 is 1.64 bits per heavy atom. The lowest BCUT2D eigenvalue weighted by molar-refractivity contribution is -0.114. The highest BCUT2D eigenvalue weighted by Gasteiger charge is 2.23. The molecule has 4 aromatic rings. The van der Waals surface area contributed by atoms with Gasteiger partial charge in [-0.15, -0.1) is 0 Å². The van der Waals surface area contributed by atoms with Crippen molar-refractivity contribution in [2.75, 3.05) is 48.8 Å². The monoisotopic (exact) mass is 522 g/mol. The number of hydrogen-bond acceptors (Lipinski definition) is 7. The highest BCUT2D eigenvalue weighted by molar-refractivity contribution is 5.95. The van der Waals surface area contributed by atoms with Crippen LogP contribution in [-0.4, -0.2) is 60.0 Å². The number of methoxy groups -OCH3 is 1. The summed E-state index contributed by atoms with van der Waals surface area (Å²) < 4.78 is 5.34. The molecule has 0 unspecified atom stereocenters. The Kier molecular flexibility index (Phi) is 7.68. The van der Waals surface area contributed by atoms with E-state index in [-0.39, 0.29) is 11.8 Å². The maximum atomic E-state index is 13.3. The van der Waals surface area contributed by atoms with Crippen molar-refractivity contribution in [3.63, 3.8) is 0 Å². The van der Waals surface area contributed by atoms with Gasteiger partial charge in [0, 0.05) is 73.6 Å². The van der Waals surface area contributed by atoms with Crippen LogP contribution in [0.3, 0.4) is 0 Å². The lowest BCUT2D eigenvalue weighted by atomic mass is 10.1. The Labute approximate surface area is 227 Å². The molecule has 0 radical (unpaired) electrons. The second-order valence-electron chi connectivity index (χ2n) is 9.21. The van der Waals surface area contributed by atoms with Gasteiger partial charge in [-0.2, -0.15) is 0 Å². The Morgan fingerprint density at radius 1 is 0.872 bits per heavy atom. The summed E-state index contributed by atoms with van der Waals surface area (Å²) >= 11 is 0. The van der Waals surface area contributed by atoms with E-state index in [2.05, 4.69) is 31.6 Å². The average Bonchev–Trinajstić information content (AvgIpc) is 2.97. The molecule has 1 fully saturated rings. The number of ether oxygens (including phenoxy) is 1. The van der Waals surface area contributed by atoms with E-state index in [9.17, 15) is 9.59 Å². The molecule has 0 aliphatic carbocycles. The molecule has 2 heterocycles. The van der Waals surface area contributed by atoms with Crippen molar-refractivity contribution in [2.24, 2.45) is 0 Å². The van der Waals surface area contributed by atoms with Gasteiger partial charge in [0.1, 0.15) is 5.75 Å². The van der Waals surface area contributed by atoms with Gasteiger partial charge in [-0.05, 0) is 48.5 Å². The van der Waals surface area contributed by atoms with Crippen LogP contribution in [0.5, 0.6) is 5.75 Å². The minimum absolute atomic E-state index is 0.00197. The largest absolute Gasteiger partial charge is 0.497 e. The van der Waals surface area contributed by atoms with Gasteiger partial charge in [-0.25, -0.2) is 9.97 Å². The first-order chi connectivity index (χ1) is 19.0. The van der Waals surface area contributed by atoms with E-state index in [1.807, 2.05) is 77.7 Å². The predicted octanol–water partition coefficient (Wildman–Crippen LogP) is 4.82. The second kappa shape index (κ2) is 11.6. The molecular weight excluding hydrogens is 492 g/mol. The number of piperazine rings is 1. The summed E-state index contributed by atoms with van der Waals surface area (Å²) in [6.45, 7) is 4.26. The highest BCUT2D eigenvalue weighted by atomic mass is 16.5. The van der Waals surface area contributed by atoms with Gasteiger partial charge in [0.05, 0.1) is 12.8 Å². The zero-order chi connectivity index (χ0) is 27.2. The van der Waals surface area contributed by atoms with E-state index in [4.69, 9.17) is 4.74 Å². The Bertz CT molecular complexity index is 1470. The molecule has 0 bridgehead atoms. The number of benzene rings is 3. The molecule has 198 valence electrons.